The van der Waals surface area contributed by atoms with Gasteiger partial charge in [0, 0.05) is 53.2 Å². The number of aromatic nitrogens is 3. The number of nitrogens with zero attached hydrogens (tertiary/aromatic N) is 3. The number of thiophene rings is 1. The van der Waals surface area contributed by atoms with Gasteiger partial charge in [0.1, 0.15) is 11.2 Å². The quantitative estimate of drug-likeness (QED) is 0.168. The molecule has 0 bridgehead atoms. The molecule has 0 spiro atoms. The fourth-order valence-electron chi connectivity index (χ4n) is 7.55. The van der Waals surface area contributed by atoms with Crippen LogP contribution < -0.4 is 0 Å². The summed E-state index contributed by atoms with van der Waals surface area (Å²) in [7, 11) is 0. The van der Waals surface area contributed by atoms with Crippen LogP contribution in [0.3, 0.4) is 0 Å². The van der Waals surface area contributed by atoms with Crippen molar-refractivity contribution in [2.24, 2.45) is 0 Å². The van der Waals surface area contributed by atoms with E-state index in [0.29, 0.717) is 27.5 Å². The van der Waals surface area contributed by atoms with Crippen molar-refractivity contribution in [1.29, 1.82) is 0 Å². The number of hydrogen-bond acceptors (Lipinski definition) is 5. The Bertz CT molecular complexity index is 4380. The van der Waals surface area contributed by atoms with Gasteiger partial charge in [-0.15, -0.1) is 11.3 Å². The lowest BCUT2D eigenvalue weighted by Gasteiger charge is -2.11. The standard InChI is InChI=1S/C51H29N3OS/c1-2-12-31-27-33(24-23-30(31)11-1)49-52-50(34-25-26-39-38-17-7-8-22-45(38)56-46(39)29-34)54-51(53-49)42-20-10-21-44-47(42)41-19-9-18-40(48(41)55-44)43-28-32-13-3-4-14-35(32)36-15-5-6-16-37(36)43/h1-29H/i1D,2D,7D,8D,11D,12D,17D,22D,23D,24D,25D,26D,27D,29D. The van der Waals surface area contributed by atoms with E-state index in [0.717, 1.165) is 44.0 Å². The second-order valence-corrected chi connectivity index (χ2v) is 14.2. The van der Waals surface area contributed by atoms with Gasteiger partial charge >= 0.3 is 0 Å². The Labute approximate surface area is 344 Å². The second-order valence-electron chi connectivity index (χ2n) is 13.2. The zero-order chi connectivity index (χ0) is 48.9. The van der Waals surface area contributed by atoms with Crippen molar-refractivity contribution in [2.45, 2.75) is 0 Å². The van der Waals surface area contributed by atoms with Crippen LogP contribution in [0.25, 0.3) is 120 Å². The predicted octanol–water partition coefficient (Wildman–Crippen LogP) is 14.3. The minimum Gasteiger partial charge on any atom is -0.455 e. The van der Waals surface area contributed by atoms with Crippen molar-refractivity contribution in [2.75, 3.05) is 0 Å². The van der Waals surface area contributed by atoms with Gasteiger partial charge in [-0.25, -0.2) is 15.0 Å². The number of fused-ring (bicyclic) bond motifs is 10. The minimum absolute atomic E-state index is 0.00228. The van der Waals surface area contributed by atoms with E-state index in [1.807, 2.05) is 42.5 Å². The van der Waals surface area contributed by atoms with Gasteiger partial charge in [-0.3, -0.25) is 0 Å². The van der Waals surface area contributed by atoms with Crippen LogP contribution >= 0.6 is 11.3 Å². The van der Waals surface area contributed by atoms with Crippen molar-refractivity contribution in [1.82, 2.24) is 15.0 Å². The van der Waals surface area contributed by atoms with Gasteiger partial charge in [0.15, 0.2) is 17.5 Å². The third-order valence-corrected chi connectivity index (χ3v) is 11.1. The van der Waals surface area contributed by atoms with Gasteiger partial charge in [-0.2, -0.15) is 0 Å². The molecule has 0 amide bonds. The summed E-state index contributed by atoms with van der Waals surface area (Å²) >= 11 is 0.862. The maximum absolute atomic E-state index is 9.58. The van der Waals surface area contributed by atoms with Crippen LogP contribution in [0.15, 0.2) is 180 Å². The Hall–Kier alpha value is -7.21. The second kappa shape index (κ2) is 12.2. The normalized spacial score (nSPS) is 15.4. The van der Waals surface area contributed by atoms with Gasteiger partial charge < -0.3 is 4.42 Å². The minimum atomic E-state index is -0.653. The molecule has 0 atom stereocenters. The van der Waals surface area contributed by atoms with E-state index in [2.05, 4.69) is 35.3 Å². The maximum atomic E-state index is 9.58. The molecule has 3 heterocycles. The number of hydrogen-bond donors (Lipinski definition) is 0. The molecule has 0 radical (unpaired) electrons. The molecule has 56 heavy (non-hydrogen) atoms. The molecule has 0 aliphatic rings. The SMILES string of the molecule is [2H]c1c([2H])c([2H])c2c(sc3c([2H])c(-c4nc(-c5c([2H])c([2H])c6c([2H])c([2H])c([2H])c([2H])c6c5[2H])nc(-c5cccc6oc7c(-c8cc9ccccc9c9ccccc89)cccc7c56)n4)c([2H])c([2H])c32)c1[2H]. The topological polar surface area (TPSA) is 51.8 Å². The third-order valence-electron chi connectivity index (χ3n) is 10.0. The van der Waals surface area contributed by atoms with Crippen molar-refractivity contribution in [3.63, 3.8) is 0 Å². The van der Waals surface area contributed by atoms with Crippen LogP contribution in [0.5, 0.6) is 0 Å². The van der Waals surface area contributed by atoms with Crippen LogP contribution in [0.4, 0.5) is 0 Å². The smallest absolute Gasteiger partial charge is 0.164 e. The Morgan fingerprint density at radius 2 is 1.12 bits per heavy atom. The van der Waals surface area contributed by atoms with Crippen LogP contribution in [0.2, 0.25) is 0 Å². The summed E-state index contributed by atoms with van der Waals surface area (Å²) in [6.07, 6.45) is 0. The van der Waals surface area contributed by atoms with Crippen molar-refractivity contribution in [3.05, 3.63) is 176 Å². The molecule has 4 nitrogen and oxygen atoms in total. The molecule has 12 rings (SSSR count). The van der Waals surface area contributed by atoms with E-state index in [1.165, 1.54) is 0 Å². The highest BCUT2D eigenvalue weighted by Crippen LogP contribution is 2.43. The molecule has 5 heteroatoms. The summed E-state index contributed by atoms with van der Waals surface area (Å²) in [6.45, 7) is 0. The number of benzene rings is 9. The van der Waals surface area contributed by atoms with Gasteiger partial charge in [0.2, 0.25) is 0 Å². The van der Waals surface area contributed by atoms with Gasteiger partial charge in [-0.1, -0.05) is 145 Å². The van der Waals surface area contributed by atoms with E-state index < -0.39 is 83.9 Å². The molecule has 0 aliphatic heterocycles. The van der Waals surface area contributed by atoms with Crippen LogP contribution in [0, 0.1) is 0 Å². The third kappa shape index (κ3) is 4.81. The summed E-state index contributed by atoms with van der Waals surface area (Å²) in [5.41, 5.74) is 2.41. The molecule has 0 unspecified atom stereocenters. The molecule has 260 valence electrons. The summed E-state index contributed by atoms with van der Waals surface area (Å²) in [5, 5.41) is 4.72. The van der Waals surface area contributed by atoms with Crippen LogP contribution in [0.1, 0.15) is 19.2 Å². The highest BCUT2D eigenvalue weighted by Gasteiger charge is 2.21. The number of rotatable bonds is 4. The molecule has 0 N–H and O–H groups in total. The molecule has 0 aliphatic carbocycles. The van der Waals surface area contributed by atoms with Crippen molar-refractivity contribution >= 4 is 85.8 Å². The number of para-hydroxylation sites is 1. The summed E-state index contributed by atoms with van der Waals surface area (Å²) in [4.78, 5) is 14.4. The van der Waals surface area contributed by atoms with E-state index in [1.54, 1.807) is 18.2 Å². The predicted molar refractivity (Wildman–Crippen MR) is 234 cm³/mol. The Morgan fingerprint density at radius 1 is 0.446 bits per heavy atom. The first-order valence-electron chi connectivity index (χ1n) is 24.6. The lowest BCUT2D eigenvalue weighted by Crippen LogP contribution is -2.00. The molecule has 12 aromatic rings. The van der Waals surface area contributed by atoms with Gasteiger partial charge in [0.25, 0.3) is 0 Å². The monoisotopic (exact) mass is 745 g/mol. The lowest BCUT2D eigenvalue weighted by atomic mass is 9.92. The highest BCUT2D eigenvalue weighted by atomic mass is 32.1. The molecular weight excluding hydrogens is 703 g/mol. The average Bonchev–Trinajstić information content (AvgIpc) is 3.97. The average molecular weight is 746 g/mol. The lowest BCUT2D eigenvalue weighted by molar-refractivity contribution is 0.670. The molecule has 0 fully saturated rings. The molecule has 0 saturated heterocycles. The first-order chi connectivity index (χ1) is 33.6. The van der Waals surface area contributed by atoms with Crippen molar-refractivity contribution < 1.29 is 23.6 Å². The van der Waals surface area contributed by atoms with Crippen LogP contribution in [-0.2, 0) is 0 Å². The molecule has 0 saturated carbocycles. The summed E-state index contributed by atoms with van der Waals surface area (Å²) in [5.74, 6) is -0.833. The Kier molecular flexibility index (Phi) is 4.44. The fraction of sp³-hybridized carbons (Fsp3) is 0. The summed E-state index contributed by atoms with van der Waals surface area (Å²) in [6, 6.07) is 21.9. The Balaban J connectivity index is 1.18. The number of furan rings is 1. The summed E-state index contributed by atoms with van der Waals surface area (Å²) < 4.78 is 131. The molecule has 9 aromatic carbocycles. The van der Waals surface area contributed by atoms with Crippen molar-refractivity contribution in [3.8, 4) is 45.3 Å². The largest absolute Gasteiger partial charge is 0.455 e. The van der Waals surface area contributed by atoms with Gasteiger partial charge in [-0.05, 0) is 68.1 Å². The molecule has 3 aromatic heterocycles. The zero-order valence-corrected chi connectivity index (χ0v) is 29.6. The highest BCUT2D eigenvalue weighted by molar-refractivity contribution is 7.25. The van der Waals surface area contributed by atoms with E-state index in [9.17, 15) is 6.85 Å². The van der Waals surface area contributed by atoms with E-state index in [-0.39, 0.29) is 60.2 Å². The first kappa shape index (κ1) is 20.5. The Morgan fingerprint density at radius 3 is 2.04 bits per heavy atom. The fourth-order valence-corrected chi connectivity index (χ4v) is 8.52. The van der Waals surface area contributed by atoms with E-state index >= 15 is 0 Å². The molecular formula is C51H29N3OS. The maximum Gasteiger partial charge on any atom is 0.164 e. The van der Waals surface area contributed by atoms with E-state index in [4.69, 9.17) is 26.7 Å². The van der Waals surface area contributed by atoms with Gasteiger partial charge in [0.05, 0.1) is 19.2 Å². The first-order valence-corrected chi connectivity index (χ1v) is 18.4. The zero-order valence-electron chi connectivity index (χ0n) is 42.8. The van der Waals surface area contributed by atoms with Crippen LogP contribution in [-0.4, -0.2) is 15.0 Å².